The maximum atomic E-state index is 12.4. The van der Waals surface area contributed by atoms with Crippen molar-refractivity contribution in [2.45, 2.75) is 18.9 Å². The lowest BCUT2D eigenvalue weighted by molar-refractivity contribution is 0.0930. The van der Waals surface area contributed by atoms with E-state index >= 15 is 0 Å². The van der Waals surface area contributed by atoms with Gasteiger partial charge < -0.3 is 15.0 Å². The van der Waals surface area contributed by atoms with E-state index in [4.69, 9.17) is 4.74 Å². The minimum Gasteiger partial charge on any atom is -0.497 e. The Bertz CT molecular complexity index is 695. The summed E-state index contributed by atoms with van der Waals surface area (Å²) in [5.41, 5.74) is 1.97. The Morgan fingerprint density at radius 3 is 2.42 bits per heavy atom. The van der Waals surface area contributed by atoms with E-state index in [1.54, 1.807) is 7.11 Å². The number of hydrogen-bond acceptors (Lipinski definition) is 3. The fraction of sp³-hybridized carbons (Fsp3) is 0.316. The van der Waals surface area contributed by atoms with Gasteiger partial charge in [0.25, 0.3) is 5.91 Å². The molecule has 5 heteroatoms. The molecule has 1 fully saturated rings. The third-order valence-electron chi connectivity index (χ3n) is 4.39. The van der Waals surface area contributed by atoms with Crippen LogP contribution in [0.25, 0.3) is 0 Å². The van der Waals surface area contributed by atoms with Crippen molar-refractivity contribution in [3.05, 3.63) is 57.7 Å². The summed E-state index contributed by atoms with van der Waals surface area (Å²) in [5, 5.41) is 3.18. The Morgan fingerprint density at radius 2 is 1.79 bits per heavy atom. The van der Waals surface area contributed by atoms with Crippen LogP contribution in [0.3, 0.4) is 0 Å². The van der Waals surface area contributed by atoms with Crippen molar-refractivity contribution in [2.24, 2.45) is 0 Å². The van der Waals surface area contributed by atoms with E-state index in [9.17, 15) is 4.79 Å². The normalized spacial score (nSPS) is 15.2. The summed E-state index contributed by atoms with van der Waals surface area (Å²) in [6.07, 6.45) is 1.92. The van der Waals surface area contributed by atoms with E-state index in [1.165, 1.54) is 5.69 Å². The van der Waals surface area contributed by atoms with E-state index in [0.717, 1.165) is 40.8 Å². The quantitative estimate of drug-likeness (QED) is 0.744. The molecule has 3 rings (SSSR count). The number of ether oxygens (including phenoxy) is 1. The molecule has 1 aliphatic rings. The molecule has 0 unspecified atom stereocenters. The fourth-order valence-corrected chi connectivity index (χ4v) is 3.62. The number of nitrogens with zero attached hydrogens (tertiary/aromatic N) is 1. The summed E-state index contributed by atoms with van der Waals surface area (Å²) < 4.78 is 6.19. The van der Waals surface area contributed by atoms with Crippen molar-refractivity contribution in [2.75, 3.05) is 25.1 Å². The molecule has 0 spiro atoms. The Labute approximate surface area is 156 Å². The number of anilines is 1. The number of piperidine rings is 1. The zero-order valence-corrected chi connectivity index (χ0v) is 15.8. The largest absolute Gasteiger partial charge is 0.497 e. The van der Waals surface area contributed by atoms with Gasteiger partial charge in [0.05, 0.1) is 12.7 Å². The highest BCUT2D eigenvalue weighted by Gasteiger charge is 2.22. The number of nitrogens with one attached hydrogen (secondary N) is 1. The summed E-state index contributed by atoms with van der Waals surface area (Å²) >= 11 is 2.21. The van der Waals surface area contributed by atoms with Crippen LogP contribution in [0.15, 0.2) is 48.5 Å². The van der Waals surface area contributed by atoms with E-state index in [0.29, 0.717) is 0 Å². The van der Waals surface area contributed by atoms with E-state index in [-0.39, 0.29) is 11.9 Å². The lowest BCUT2D eigenvalue weighted by Gasteiger charge is -2.34. The van der Waals surface area contributed by atoms with Gasteiger partial charge in [0, 0.05) is 28.4 Å². The highest BCUT2D eigenvalue weighted by atomic mass is 127. The first-order valence-corrected chi connectivity index (χ1v) is 9.19. The standard InChI is InChI=1S/C19H21IN2O2/c1-24-16-8-6-15(7-9-16)22-12-10-14(11-13-22)21-19(23)17-4-2-3-5-18(17)20/h2-9,14H,10-13H2,1H3,(H,21,23). The molecule has 0 radical (unpaired) electrons. The molecule has 24 heavy (non-hydrogen) atoms. The summed E-state index contributed by atoms with van der Waals surface area (Å²) in [6.45, 7) is 1.90. The molecule has 2 aromatic carbocycles. The van der Waals surface area contributed by atoms with Crippen molar-refractivity contribution in [3.63, 3.8) is 0 Å². The van der Waals surface area contributed by atoms with Crippen LogP contribution in [0.5, 0.6) is 5.75 Å². The van der Waals surface area contributed by atoms with E-state index < -0.39 is 0 Å². The van der Waals surface area contributed by atoms with Gasteiger partial charge in [-0.3, -0.25) is 4.79 Å². The first-order chi connectivity index (χ1) is 11.7. The van der Waals surface area contributed by atoms with Crippen molar-refractivity contribution in [1.29, 1.82) is 0 Å². The van der Waals surface area contributed by atoms with Gasteiger partial charge in [-0.25, -0.2) is 0 Å². The first-order valence-electron chi connectivity index (χ1n) is 8.12. The number of methoxy groups -OCH3 is 1. The smallest absolute Gasteiger partial charge is 0.252 e. The molecular formula is C19H21IN2O2. The minimum atomic E-state index is 0.0305. The average molecular weight is 436 g/mol. The van der Waals surface area contributed by atoms with Crippen LogP contribution in [0.2, 0.25) is 0 Å². The molecule has 0 bridgehead atoms. The summed E-state index contributed by atoms with van der Waals surface area (Å²) in [5.74, 6) is 0.904. The molecule has 4 nitrogen and oxygen atoms in total. The van der Waals surface area contributed by atoms with Crippen LogP contribution in [0, 0.1) is 3.57 Å². The van der Waals surface area contributed by atoms with Gasteiger partial charge in [-0.1, -0.05) is 12.1 Å². The molecule has 0 aromatic heterocycles. The maximum absolute atomic E-state index is 12.4. The van der Waals surface area contributed by atoms with Gasteiger partial charge in [0.15, 0.2) is 0 Å². The van der Waals surface area contributed by atoms with E-state index in [1.807, 2.05) is 36.4 Å². The van der Waals surface area contributed by atoms with Crippen molar-refractivity contribution < 1.29 is 9.53 Å². The highest BCUT2D eigenvalue weighted by molar-refractivity contribution is 14.1. The van der Waals surface area contributed by atoms with Crippen LogP contribution in [0.4, 0.5) is 5.69 Å². The number of rotatable bonds is 4. The predicted molar refractivity (Wildman–Crippen MR) is 105 cm³/mol. The van der Waals surface area contributed by atoms with Gasteiger partial charge in [0.2, 0.25) is 0 Å². The van der Waals surface area contributed by atoms with Crippen LogP contribution < -0.4 is 15.0 Å². The second-order valence-corrected chi connectivity index (χ2v) is 7.07. The maximum Gasteiger partial charge on any atom is 0.252 e. The molecular weight excluding hydrogens is 415 g/mol. The topological polar surface area (TPSA) is 41.6 Å². The monoisotopic (exact) mass is 436 g/mol. The Hall–Kier alpha value is -1.76. The SMILES string of the molecule is COc1ccc(N2CCC(NC(=O)c3ccccc3I)CC2)cc1. The predicted octanol–water partition coefficient (Wildman–Crippen LogP) is 3.70. The third-order valence-corrected chi connectivity index (χ3v) is 5.33. The summed E-state index contributed by atoms with van der Waals surface area (Å²) in [4.78, 5) is 14.8. The number of carbonyl (C=O) groups is 1. The van der Waals surface area contributed by atoms with E-state index in [2.05, 4.69) is 44.9 Å². The first kappa shape index (κ1) is 17.1. The van der Waals surface area contributed by atoms with Gasteiger partial charge >= 0.3 is 0 Å². The number of benzene rings is 2. The Morgan fingerprint density at radius 1 is 1.12 bits per heavy atom. The number of amides is 1. The van der Waals surface area contributed by atoms with Gasteiger partial charge in [-0.2, -0.15) is 0 Å². The second kappa shape index (κ2) is 7.88. The molecule has 0 saturated carbocycles. The molecule has 126 valence electrons. The summed E-state index contributed by atoms with van der Waals surface area (Å²) in [6, 6.07) is 16.1. The number of carbonyl (C=O) groups excluding carboxylic acids is 1. The van der Waals surface area contributed by atoms with Crippen molar-refractivity contribution in [3.8, 4) is 5.75 Å². The lowest BCUT2D eigenvalue weighted by Crippen LogP contribution is -2.44. The molecule has 1 amide bonds. The molecule has 1 aliphatic heterocycles. The highest BCUT2D eigenvalue weighted by Crippen LogP contribution is 2.23. The zero-order chi connectivity index (χ0) is 16.9. The van der Waals surface area contributed by atoms with Crippen LogP contribution in [0.1, 0.15) is 23.2 Å². The zero-order valence-electron chi connectivity index (χ0n) is 13.7. The lowest BCUT2D eigenvalue weighted by atomic mass is 10.0. The molecule has 1 heterocycles. The number of halogens is 1. The Balaban J connectivity index is 1.55. The molecule has 0 atom stereocenters. The van der Waals surface area contributed by atoms with Crippen LogP contribution in [-0.4, -0.2) is 32.1 Å². The molecule has 0 aliphatic carbocycles. The average Bonchev–Trinajstić information content (AvgIpc) is 2.63. The number of hydrogen-bond donors (Lipinski definition) is 1. The molecule has 2 aromatic rings. The third kappa shape index (κ3) is 4.01. The van der Waals surface area contributed by atoms with Gasteiger partial charge in [0.1, 0.15) is 5.75 Å². The molecule has 1 saturated heterocycles. The van der Waals surface area contributed by atoms with Gasteiger partial charge in [-0.05, 0) is 71.8 Å². The van der Waals surface area contributed by atoms with Crippen LogP contribution in [-0.2, 0) is 0 Å². The Kier molecular flexibility index (Phi) is 5.60. The summed E-state index contributed by atoms with van der Waals surface area (Å²) in [7, 11) is 1.68. The van der Waals surface area contributed by atoms with Gasteiger partial charge in [-0.15, -0.1) is 0 Å². The molecule has 1 N–H and O–H groups in total. The fourth-order valence-electron chi connectivity index (χ4n) is 2.98. The van der Waals surface area contributed by atoms with Crippen molar-refractivity contribution >= 4 is 34.2 Å². The minimum absolute atomic E-state index is 0.0305. The van der Waals surface area contributed by atoms with Crippen molar-refractivity contribution in [1.82, 2.24) is 5.32 Å². The van der Waals surface area contributed by atoms with Crippen LogP contribution >= 0.6 is 22.6 Å². The second-order valence-electron chi connectivity index (χ2n) is 5.91.